The van der Waals surface area contributed by atoms with Gasteiger partial charge in [-0.1, -0.05) is 133 Å². The van der Waals surface area contributed by atoms with Crippen molar-refractivity contribution in [1.29, 1.82) is 0 Å². The van der Waals surface area contributed by atoms with Crippen LogP contribution < -0.4 is 0 Å². The first-order chi connectivity index (χ1) is 28.3. The van der Waals surface area contributed by atoms with Crippen molar-refractivity contribution in [2.24, 2.45) is 0 Å². The molecule has 0 aliphatic heterocycles. The van der Waals surface area contributed by atoms with Crippen molar-refractivity contribution in [3.63, 3.8) is 0 Å². The van der Waals surface area contributed by atoms with Gasteiger partial charge in [0.15, 0.2) is 17.5 Å². The molecule has 0 unspecified atom stereocenters. The Morgan fingerprint density at radius 1 is 0.404 bits per heavy atom. The molecule has 4 aromatic heterocycles. The lowest BCUT2D eigenvalue weighted by Crippen LogP contribution is -2.00. The molecular formula is C51H30N4OS. The van der Waals surface area contributed by atoms with E-state index >= 15 is 0 Å². The van der Waals surface area contributed by atoms with Gasteiger partial charge >= 0.3 is 0 Å². The van der Waals surface area contributed by atoms with Crippen molar-refractivity contribution in [2.75, 3.05) is 0 Å². The van der Waals surface area contributed by atoms with E-state index in [1.165, 1.54) is 53.2 Å². The van der Waals surface area contributed by atoms with Gasteiger partial charge < -0.3 is 8.98 Å². The Bertz CT molecular complexity index is 3420. The van der Waals surface area contributed by atoms with Crippen LogP contribution >= 0.6 is 11.3 Å². The van der Waals surface area contributed by atoms with Crippen LogP contribution in [0.5, 0.6) is 0 Å². The molecule has 8 aromatic carbocycles. The summed E-state index contributed by atoms with van der Waals surface area (Å²) in [6.45, 7) is 0. The SMILES string of the molecule is c1ccc(-c2nc(-c3ccccc3)nc(-c3cccc4c3oc3ccc(-c5cccc6sc7cccc(-n8c9ccccc9c9ccccc98)c7c56)cc34)n2)cc1. The molecule has 12 aromatic rings. The fraction of sp³-hybridized carbons (Fsp3) is 0. The van der Waals surface area contributed by atoms with Crippen molar-refractivity contribution in [2.45, 2.75) is 0 Å². The summed E-state index contributed by atoms with van der Waals surface area (Å²) in [4.78, 5) is 15.0. The molecule has 0 bridgehead atoms. The molecular weight excluding hydrogens is 717 g/mol. The lowest BCUT2D eigenvalue weighted by Gasteiger charge is -2.12. The topological polar surface area (TPSA) is 56.7 Å². The van der Waals surface area contributed by atoms with Crippen molar-refractivity contribution in [3.05, 3.63) is 182 Å². The first-order valence-electron chi connectivity index (χ1n) is 19.0. The Morgan fingerprint density at radius 2 is 0.965 bits per heavy atom. The van der Waals surface area contributed by atoms with Gasteiger partial charge in [0.1, 0.15) is 11.2 Å². The fourth-order valence-corrected chi connectivity index (χ4v) is 9.68. The first kappa shape index (κ1) is 31.9. The maximum atomic E-state index is 6.71. The minimum absolute atomic E-state index is 0.569. The highest BCUT2D eigenvalue weighted by molar-refractivity contribution is 7.26. The summed E-state index contributed by atoms with van der Waals surface area (Å²) < 4.78 is 11.7. The molecule has 57 heavy (non-hydrogen) atoms. The van der Waals surface area contributed by atoms with Gasteiger partial charge in [-0.3, -0.25) is 0 Å². The molecule has 0 saturated carbocycles. The summed E-state index contributed by atoms with van der Waals surface area (Å²) in [5.41, 5.74) is 10.2. The Kier molecular flexibility index (Phi) is 7.03. The van der Waals surface area contributed by atoms with Crippen LogP contribution in [0.25, 0.3) is 115 Å². The van der Waals surface area contributed by atoms with Crippen molar-refractivity contribution in [3.8, 4) is 51.0 Å². The third kappa shape index (κ3) is 4.98. The van der Waals surface area contributed by atoms with Crippen molar-refractivity contribution < 1.29 is 4.42 Å². The third-order valence-electron chi connectivity index (χ3n) is 11.1. The quantitative estimate of drug-likeness (QED) is 0.176. The number of hydrogen-bond acceptors (Lipinski definition) is 5. The van der Waals surface area contributed by atoms with Crippen LogP contribution in [0.1, 0.15) is 0 Å². The van der Waals surface area contributed by atoms with Gasteiger partial charge in [0, 0.05) is 52.8 Å². The lowest BCUT2D eigenvalue weighted by molar-refractivity contribution is 0.669. The molecule has 0 saturated heterocycles. The first-order valence-corrected chi connectivity index (χ1v) is 19.8. The molecule has 0 fully saturated rings. The molecule has 0 aliphatic carbocycles. The van der Waals surface area contributed by atoms with E-state index in [0.29, 0.717) is 17.5 Å². The zero-order valence-electron chi connectivity index (χ0n) is 30.4. The minimum Gasteiger partial charge on any atom is -0.455 e. The summed E-state index contributed by atoms with van der Waals surface area (Å²) in [6, 6.07) is 63.8. The molecule has 0 N–H and O–H groups in total. The summed E-state index contributed by atoms with van der Waals surface area (Å²) in [5, 5.41) is 7.09. The standard InChI is InChI=1S/C51H30N4OS/c1-3-14-31(15-4-1)49-52-50(32-16-5-2-6-17-32)54-51(53-49)38-22-11-21-37-39-30-33(28-29-43(39)56-48(37)38)34-20-12-26-44-46(34)47-42(25-13-27-45(47)57-44)55-40-23-9-7-18-35(40)36-19-8-10-24-41(36)55/h1-30H. The zero-order valence-corrected chi connectivity index (χ0v) is 31.2. The van der Waals surface area contributed by atoms with Crippen molar-refractivity contribution in [1.82, 2.24) is 19.5 Å². The Morgan fingerprint density at radius 3 is 1.67 bits per heavy atom. The Hall–Kier alpha value is -7.41. The van der Waals surface area contributed by atoms with E-state index < -0.39 is 0 Å². The summed E-state index contributed by atoms with van der Waals surface area (Å²) in [6.07, 6.45) is 0. The summed E-state index contributed by atoms with van der Waals surface area (Å²) in [7, 11) is 0. The maximum absolute atomic E-state index is 6.71. The van der Waals surface area contributed by atoms with Crippen LogP contribution in [-0.4, -0.2) is 19.5 Å². The van der Waals surface area contributed by atoms with Gasteiger partial charge in [-0.2, -0.15) is 0 Å². The van der Waals surface area contributed by atoms with Crippen molar-refractivity contribution >= 4 is 75.3 Å². The maximum Gasteiger partial charge on any atom is 0.167 e. The van der Waals surface area contributed by atoms with E-state index in [9.17, 15) is 0 Å². The second kappa shape index (κ2) is 12.6. The van der Waals surface area contributed by atoms with Crippen LogP contribution in [0.4, 0.5) is 0 Å². The lowest BCUT2D eigenvalue weighted by atomic mass is 9.97. The number of furan rings is 1. The average Bonchev–Trinajstić information content (AvgIpc) is 3.96. The van der Waals surface area contributed by atoms with Gasteiger partial charge in [-0.15, -0.1) is 11.3 Å². The minimum atomic E-state index is 0.569. The second-order valence-electron chi connectivity index (χ2n) is 14.3. The third-order valence-corrected chi connectivity index (χ3v) is 12.2. The second-order valence-corrected chi connectivity index (χ2v) is 15.4. The highest BCUT2D eigenvalue weighted by Crippen LogP contribution is 2.46. The smallest absolute Gasteiger partial charge is 0.167 e. The van der Waals surface area contributed by atoms with E-state index in [0.717, 1.165) is 44.2 Å². The Labute approximate surface area is 330 Å². The Balaban J connectivity index is 1.06. The van der Waals surface area contributed by atoms with Crippen LogP contribution in [-0.2, 0) is 0 Å². The number of rotatable bonds is 5. The van der Waals surface area contributed by atoms with E-state index in [-0.39, 0.29) is 0 Å². The molecule has 6 heteroatoms. The zero-order chi connectivity index (χ0) is 37.5. The van der Waals surface area contributed by atoms with Gasteiger partial charge in [0.05, 0.1) is 22.3 Å². The molecule has 0 amide bonds. The molecule has 0 radical (unpaired) electrons. The predicted octanol–water partition coefficient (Wildman–Crippen LogP) is 13.9. The van der Waals surface area contributed by atoms with Gasteiger partial charge in [0.2, 0.25) is 0 Å². The number of aromatic nitrogens is 4. The molecule has 0 aliphatic rings. The van der Waals surface area contributed by atoms with Crippen LogP contribution in [0.2, 0.25) is 0 Å². The normalized spacial score (nSPS) is 11.9. The van der Waals surface area contributed by atoms with E-state index in [4.69, 9.17) is 19.4 Å². The highest BCUT2D eigenvalue weighted by Gasteiger charge is 2.21. The van der Waals surface area contributed by atoms with Crippen LogP contribution in [0, 0.1) is 0 Å². The van der Waals surface area contributed by atoms with E-state index in [1.54, 1.807) is 0 Å². The van der Waals surface area contributed by atoms with Crippen LogP contribution in [0.3, 0.4) is 0 Å². The number of para-hydroxylation sites is 3. The molecule has 0 spiro atoms. The largest absolute Gasteiger partial charge is 0.455 e. The molecule has 5 nitrogen and oxygen atoms in total. The number of benzene rings is 8. The summed E-state index contributed by atoms with van der Waals surface area (Å²) in [5.74, 6) is 1.80. The number of hydrogen-bond donors (Lipinski definition) is 0. The van der Waals surface area contributed by atoms with Gasteiger partial charge in [-0.25, -0.2) is 15.0 Å². The number of thiophene rings is 1. The molecule has 4 heterocycles. The monoisotopic (exact) mass is 746 g/mol. The average molecular weight is 747 g/mol. The predicted molar refractivity (Wildman–Crippen MR) is 236 cm³/mol. The van der Waals surface area contributed by atoms with Gasteiger partial charge in [-0.05, 0) is 59.7 Å². The number of fused-ring (bicyclic) bond motifs is 9. The molecule has 266 valence electrons. The highest BCUT2D eigenvalue weighted by atomic mass is 32.1. The summed E-state index contributed by atoms with van der Waals surface area (Å²) >= 11 is 1.85. The van der Waals surface area contributed by atoms with E-state index in [2.05, 4.69) is 120 Å². The fourth-order valence-electron chi connectivity index (χ4n) is 8.53. The van der Waals surface area contributed by atoms with Gasteiger partial charge in [0.25, 0.3) is 0 Å². The molecule has 0 atom stereocenters. The van der Waals surface area contributed by atoms with Crippen LogP contribution in [0.15, 0.2) is 186 Å². The van der Waals surface area contributed by atoms with E-state index in [1.807, 2.05) is 78.1 Å². The molecule has 12 rings (SSSR count). The number of nitrogens with zero attached hydrogens (tertiary/aromatic N) is 4.